The molecule has 0 aliphatic rings. The molecule has 0 radical (unpaired) electrons. The lowest BCUT2D eigenvalue weighted by Crippen LogP contribution is -2.06. The minimum Gasteiger partial charge on any atom is -0.497 e. The Bertz CT molecular complexity index is 2650. The molecule has 0 bridgehead atoms. The lowest BCUT2D eigenvalue weighted by molar-refractivity contribution is -0.139. The number of hydrogen-bond donors (Lipinski definition) is 4. The van der Waals surface area contributed by atoms with E-state index in [-0.39, 0.29) is 0 Å². The fourth-order valence-corrected chi connectivity index (χ4v) is 7.12. The summed E-state index contributed by atoms with van der Waals surface area (Å²) in [6.07, 6.45) is 0. The average molecular weight is 921 g/mol. The Morgan fingerprint density at radius 1 is 0.294 bits per heavy atom. The predicted octanol–water partition coefficient (Wildman–Crippen LogP) is 12.1. The van der Waals surface area contributed by atoms with E-state index in [1.807, 2.05) is 146 Å². The highest BCUT2D eigenvalue weighted by atomic mass is 16.5. The van der Waals surface area contributed by atoms with Gasteiger partial charge in [-0.25, -0.2) is 0 Å². The smallest absolute Gasteiger partial charge is 0.310 e. The first-order valence-electron chi connectivity index (χ1n) is 21.7. The number of hydrogen-bond acceptors (Lipinski definition) is 8. The summed E-state index contributed by atoms with van der Waals surface area (Å²) < 4.78 is 20.6. The zero-order valence-electron chi connectivity index (χ0n) is 39.2. The molecule has 68 heavy (non-hydrogen) atoms. The SMILES string of the molecule is COc1ccc2cc([C@H](C)C(=O)O)ccc2c1.COc1ccc2cc([C@H](C)C(=O)O)ccc2c1.COc1ccc2cc([C@H](C)C(=O)O)ccc2c1.COc1ccc2cc([C@H](C)C(=O)O)ccc2c1. The van der Waals surface area contributed by atoms with E-state index in [0.29, 0.717) is 0 Å². The zero-order valence-corrected chi connectivity index (χ0v) is 39.2. The van der Waals surface area contributed by atoms with Crippen LogP contribution in [0.25, 0.3) is 43.1 Å². The molecule has 352 valence electrons. The minimum atomic E-state index is -0.808. The van der Waals surface area contributed by atoms with E-state index in [2.05, 4.69) is 0 Å². The number of methoxy groups -OCH3 is 4. The molecule has 8 aromatic rings. The Labute approximate surface area is 394 Å². The Morgan fingerprint density at radius 3 is 0.618 bits per heavy atom. The topological polar surface area (TPSA) is 186 Å². The van der Waals surface area contributed by atoms with E-state index in [4.69, 9.17) is 39.4 Å². The summed E-state index contributed by atoms with van der Waals surface area (Å²) in [7, 11) is 6.51. The molecule has 0 aromatic heterocycles. The van der Waals surface area contributed by atoms with Gasteiger partial charge in [-0.1, -0.05) is 97.1 Å². The van der Waals surface area contributed by atoms with Crippen LogP contribution in [-0.2, 0) is 19.2 Å². The predicted molar refractivity (Wildman–Crippen MR) is 266 cm³/mol. The maximum Gasteiger partial charge on any atom is 0.310 e. The first kappa shape index (κ1) is 50.9. The largest absolute Gasteiger partial charge is 0.497 e. The van der Waals surface area contributed by atoms with Crippen molar-refractivity contribution in [2.24, 2.45) is 0 Å². The number of carboxylic acids is 4. The highest BCUT2D eigenvalue weighted by Crippen LogP contribution is 2.29. The number of carboxylic acid groups (broad SMARTS) is 4. The van der Waals surface area contributed by atoms with Gasteiger partial charge in [0, 0.05) is 0 Å². The maximum absolute atomic E-state index is 10.9. The molecule has 0 fully saturated rings. The summed E-state index contributed by atoms with van der Waals surface area (Å²) >= 11 is 0. The van der Waals surface area contributed by atoms with Gasteiger partial charge < -0.3 is 39.4 Å². The van der Waals surface area contributed by atoms with Crippen LogP contribution >= 0.6 is 0 Å². The molecule has 4 N–H and O–H groups in total. The van der Waals surface area contributed by atoms with Crippen molar-refractivity contribution in [3.63, 3.8) is 0 Å². The Hall–Kier alpha value is -8.12. The molecule has 0 aliphatic carbocycles. The first-order chi connectivity index (χ1) is 32.5. The van der Waals surface area contributed by atoms with E-state index in [1.165, 1.54) is 0 Å². The van der Waals surface area contributed by atoms with Crippen molar-refractivity contribution in [1.29, 1.82) is 0 Å². The molecule has 8 aromatic carbocycles. The maximum atomic E-state index is 10.9. The number of aliphatic carboxylic acids is 4. The van der Waals surface area contributed by atoms with Crippen molar-refractivity contribution in [3.8, 4) is 23.0 Å². The molecule has 12 nitrogen and oxygen atoms in total. The van der Waals surface area contributed by atoms with E-state index >= 15 is 0 Å². The summed E-state index contributed by atoms with van der Waals surface area (Å²) in [5, 5.41) is 44.2. The number of ether oxygens (including phenoxy) is 4. The van der Waals surface area contributed by atoms with Crippen LogP contribution in [0.15, 0.2) is 146 Å². The van der Waals surface area contributed by atoms with E-state index in [9.17, 15) is 19.2 Å². The third-order valence-corrected chi connectivity index (χ3v) is 11.8. The van der Waals surface area contributed by atoms with Gasteiger partial charge in [-0.3, -0.25) is 19.2 Å². The van der Waals surface area contributed by atoms with Gasteiger partial charge in [-0.15, -0.1) is 0 Å². The summed E-state index contributed by atoms with van der Waals surface area (Å²) in [6.45, 7) is 6.75. The van der Waals surface area contributed by atoms with Gasteiger partial charge in [0.25, 0.3) is 0 Å². The van der Waals surface area contributed by atoms with E-state index < -0.39 is 47.5 Å². The summed E-state index contributed by atoms with van der Waals surface area (Å²) in [5.74, 6) is -1.96. The molecule has 4 atom stereocenters. The zero-order chi connectivity index (χ0) is 49.7. The van der Waals surface area contributed by atoms with Crippen molar-refractivity contribution in [1.82, 2.24) is 0 Å². The first-order valence-corrected chi connectivity index (χ1v) is 21.7. The average Bonchev–Trinajstić information content (AvgIpc) is 3.36. The minimum absolute atomic E-state index is 0.485. The molecule has 0 spiro atoms. The van der Waals surface area contributed by atoms with Gasteiger partial charge in [0.05, 0.1) is 52.1 Å². The quantitative estimate of drug-likeness (QED) is 0.0910. The van der Waals surface area contributed by atoms with Gasteiger partial charge in [-0.2, -0.15) is 0 Å². The Morgan fingerprint density at radius 2 is 0.456 bits per heavy atom. The molecule has 0 aliphatic heterocycles. The molecular formula is C56H56O12. The Kier molecular flexibility index (Phi) is 17.5. The van der Waals surface area contributed by atoms with Gasteiger partial charge in [-0.05, 0) is 142 Å². The monoisotopic (exact) mass is 920 g/mol. The lowest BCUT2D eigenvalue weighted by atomic mass is 9.98. The fourth-order valence-electron chi connectivity index (χ4n) is 7.12. The molecule has 0 saturated carbocycles. The van der Waals surface area contributed by atoms with Crippen molar-refractivity contribution < 1.29 is 58.6 Å². The number of benzene rings is 8. The van der Waals surface area contributed by atoms with Crippen LogP contribution in [0, 0.1) is 0 Å². The molecule has 0 heterocycles. The molecule has 8 rings (SSSR count). The Balaban J connectivity index is 0.000000169. The third-order valence-electron chi connectivity index (χ3n) is 11.8. The second-order valence-electron chi connectivity index (χ2n) is 16.1. The van der Waals surface area contributed by atoms with Crippen molar-refractivity contribution >= 4 is 67.0 Å². The second kappa shape index (κ2) is 23.4. The highest BCUT2D eigenvalue weighted by molar-refractivity contribution is 5.89. The van der Waals surface area contributed by atoms with Crippen LogP contribution in [-0.4, -0.2) is 72.7 Å². The van der Waals surface area contributed by atoms with Gasteiger partial charge in [0.1, 0.15) is 23.0 Å². The van der Waals surface area contributed by atoms with Crippen molar-refractivity contribution in [2.75, 3.05) is 28.4 Å². The van der Waals surface area contributed by atoms with Gasteiger partial charge >= 0.3 is 23.9 Å². The van der Waals surface area contributed by atoms with E-state index in [1.54, 1.807) is 56.1 Å². The van der Waals surface area contributed by atoms with E-state index in [0.717, 1.165) is 88.3 Å². The van der Waals surface area contributed by atoms with Crippen LogP contribution in [0.1, 0.15) is 73.6 Å². The van der Waals surface area contributed by atoms with Crippen LogP contribution in [0.2, 0.25) is 0 Å². The third kappa shape index (κ3) is 13.0. The van der Waals surface area contributed by atoms with Gasteiger partial charge in [0.15, 0.2) is 0 Å². The normalized spacial score (nSPS) is 12.4. The summed E-state index contributed by atoms with van der Waals surface area (Å²) in [4.78, 5) is 43.7. The van der Waals surface area contributed by atoms with Crippen LogP contribution in [0.3, 0.4) is 0 Å². The second-order valence-corrected chi connectivity index (χ2v) is 16.1. The lowest BCUT2D eigenvalue weighted by Gasteiger charge is -2.08. The van der Waals surface area contributed by atoms with Crippen molar-refractivity contribution in [3.05, 3.63) is 168 Å². The highest BCUT2D eigenvalue weighted by Gasteiger charge is 2.17. The molecule has 0 saturated heterocycles. The standard InChI is InChI=1S/4C14H14O3/c4*1-9(14(15)16)10-3-4-12-8-13(17-2)6-5-11(12)7-10/h4*3-9H,1-2H3,(H,15,16)/t4*9-/m0000/s1. The molecule has 0 unspecified atom stereocenters. The number of fused-ring (bicyclic) bond motifs is 4. The van der Waals surface area contributed by atoms with Crippen LogP contribution in [0.5, 0.6) is 23.0 Å². The van der Waals surface area contributed by atoms with Crippen LogP contribution in [0.4, 0.5) is 0 Å². The summed E-state index contributed by atoms with van der Waals surface area (Å²) in [6, 6.07) is 45.7. The van der Waals surface area contributed by atoms with Crippen molar-refractivity contribution in [2.45, 2.75) is 51.4 Å². The molecule has 0 amide bonds. The number of carbonyl (C=O) groups is 4. The molecular weight excluding hydrogens is 865 g/mol. The summed E-state index contributed by atoms with van der Waals surface area (Å²) in [5.41, 5.74) is 3.26. The number of rotatable bonds is 12. The van der Waals surface area contributed by atoms with Crippen LogP contribution < -0.4 is 18.9 Å². The fraction of sp³-hybridized carbons (Fsp3) is 0.214. The molecule has 12 heteroatoms. The van der Waals surface area contributed by atoms with Gasteiger partial charge in [0.2, 0.25) is 0 Å².